The van der Waals surface area contributed by atoms with Gasteiger partial charge >= 0.3 is 0 Å². The van der Waals surface area contributed by atoms with E-state index >= 15 is 0 Å². The molecule has 2 aromatic heterocycles. The quantitative estimate of drug-likeness (QED) is 0.132. The molecule has 9 heteroatoms. The summed E-state index contributed by atoms with van der Waals surface area (Å²) >= 11 is 7.42. The van der Waals surface area contributed by atoms with Crippen LogP contribution in [0.25, 0.3) is 5.69 Å². The molecule has 1 fully saturated rings. The summed E-state index contributed by atoms with van der Waals surface area (Å²) in [5.74, 6) is 0. The predicted molar refractivity (Wildman–Crippen MR) is 157 cm³/mol. The van der Waals surface area contributed by atoms with Gasteiger partial charge in [-0.2, -0.15) is 0 Å². The minimum atomic E-state index is -0.390. The molecule has 5 aromatic rings. The van der Waals surface area contributed by atoms with Gasteiger partial charge in [-0.1, -0.05) is 36.0 Å². The van der Waals surface area contributed by atoms with Crippen LogP contribution in [0.1, 0.15) is 23.3 Å². The summed E-state index contributed by atoms with van der Waals surface area (Å²) in [7, 11) is 0. The second-order valence-corrected chi connectivity index (χ2v) is 10.6. The molecule has 0 radical (unpaired) electrons. The number of hydrogen-bond donors (Lipinski definition) is 1. The highest BCUT2D eigenvalue weighted by Crippen LogP contribution is 2.42. The average Bonchev–Trinajstić information content (AvgIpc) is 3.59. The van der Waals surface area contributed by atoms with Crippen molar-refractivity contribution < 1.29 is 4.92 Å². The molecule has 1 aliphatic heterocycles. The van der Waals surface area contributed by atoms with E-state index < -0.39 is 0 Å². The van der Waals surface area contributed by atoms with Crippen molar-refractivity contribution in [1.82, 2.24) is 14.9 Å². The maximum atomic E-state index is 10.9. The fraction of sp³-hybridized carbons (Fsp3) is 0.0667. The number of thiocarbonyl (C=S) groups is 1. The van der Waals surface area contributed by atoms with Crippen LogP contribution >= 0.6 is 24.0 Å². The number of para-hydroxylation sites is 1. The van der Waals surface area contributed by atoms with Crippen molar-refractivity contribution in [2.75, 3.05) is 4.90 Å². The van der Waals surface area contributed by atoms with Gasteiger partial charge in [-0.3, -0.25) is 15.1 Å². The van der Waals surface area contributed by atoms with E-state index in [1.54, 1.807) is 30.1 Å². The summed E-state index contributed by atoms with van der Waals surface area (Å²) in [5.41, 5.74) is 4.18. The zero-order valence-electron chi connectivity index (χ0n) is 20.6. The highest BCUT2D eigenvalue weighted by atomic mass is 32.2. The number of anilines is 1. The molecule has 0 saturated carbocycles. The number of nitrogens with one attached hydrogen (secondary N) is 1. The van der Waals surface area contributed by atoms with Gasteiger partial charge in [-0.25, -0.2) is 0 Å². The van der Waals surface area contributed by atoms with E-state index in [1.165, 1.54) is 12.1 Å². The average molecular weight is 550 g/mol. The predicted octanol–water partition coefficient (Wildman–Crippen LogP) is 7.11. The normalized spacial score (nSPS) is 16.7. The molecule has 2 atom stereocenters. The largest absolute Gasteiger partial charge is 0.351 e. The molecule has 3 heterocycles. The van der Waals surface area contributed by atoms with Crippen molar-refractivity contribution in [3.8, 4) is 5.69 Å². The van der Waals surface area contributed by atoms with E-state index in [-0.39, 0.29) is 22.7 Å². The van der Waals surface area contributed by atoms with Crippen molar-refractivity contribution >= 4 is 40.5 Å². The molecule has 1 N–H and O–H groups in total. The van der Waals surface area contributed by atoms with E-state index in [1.807, 2.05) is 48.5 Å². The Bertz CT molecular complexity index is 1610. The van der Waals surface area contributed by atoms with Gasteiger partial charge in [0.15, 0.2) is 5.11 Å². The number of aromatic nitrogens is 2. The fourth-order valence-electron chi connectivity index (χ4n) is 4.77. The first-order valence-corrected chi connectivity index (χ1v) is 13.6. The first-order chi connectivity index (χ1) is 19.1. The lowest BCUT2D eigenvalue weighted by molar-refractivity contribution is -0.384. The molecule has 0 spiro atoms. The fourth-order valence-corrected chi connectivity index (χ4v) is 5.93. The highest BCUT2D eigenvalue weighted by Gasteiger charge is 2.41. The molecule has 0 amide bonds. The molecular formula is C30H23N5O2S2. The summed E-state index contributed by atoms with van der Waals surface area (Å²) < 4.78 is 2.12. The van der Waals surface area contributed by atoms with Gasteiger partial charge in [0.05, 0.1) is 22.7 Å². The summed E-state index contributed by atoms with van der Waals surface area (Å²) in [5, 5.41) is 15.1. The Morgan fingerprint density at radius 1 is 0.846 bits per heavy atom. The van der Waals surface area contributed by atoms with Crippen LogP contribution in [-0.4, -0.2) is 19.6 Å². The van der Waals surface area contributed by atoms with Gasteiger partial charge in [0.2, 0.25) is 0 Å². The third-order valence-corrected chi connectivity index (χ3v) is 7.94. The molecular weight excluding hydrogens is 526 g/mol. The third kappa shape index (κ3) is 5.14. The highest BCUT2D eigenvalue weighted by molar-refractivity contribution is 7.99. The van der Waals surface area contributed by atoms with Gasteiger partial charge < -0.3 is 14.8 Å². The number of pyridine rings is 1. The molecule has 1 aliphatic rings. The second-order valence-electron chi connectivity index (χ2n) is 9.03. The van der Waals surface area contributed by atoms with Gasteiger partial charge in [0.1, 0.15) is 0 Å². The number of nitro benzene ring substituents is 1. The van der Waals surface area contributed by atoms with Crippen LogP contribution in [0.4, 0.5) is 11.4 Å². The van der Waals surface area contributed by atoms with Gasteiger partial charge in [0, 0.05) is 51.9 Å². The van der Waals surface area contributed by atoms with Gasteiger partial charge in [0.25, 0.3) is 5.69 Å². The number of nitrogens with zero attached hydrogens (tertiary/aromatic N) is 4. The number of non-ortho nitro benzene ring substituents is 1. The van der Waals surface area contributed by atoms with Crippen molar-refractivity contribution in [2.45, 2.75) is 21.9 Å². The molecule has 6 rings (SSSR count). The molecule has 3 aromatic carbocycles. The Morgan fingerprint density at radius 3 is 2.21 bits per heavy atom. The van der Waals surface area contributed by atoms with E-state index in [2.05, 4.69) is 62.5 Å². The third-order valence-electron chi connectivity index (χ3n) is 6.61. The smallest absolute Gasteiger partial charge is 0.269 e. The van der Waals surface area contributed by atoms with Crippen LogP contribution < -0.4 is 10.2 Å². The van der Waals surface area contributed by atoms with Crippen molar-refractivity contribution in [3.05, 3.63) is 143 Å². The molecule has 7 nitrogen and oxygen atoms in total. The number of benzene rings is 3. The molecule has 0 unspecified atom stereocenters. The van der Waals surface area contributed by atoms with Crippen LogP contribution in [0.2, 0.25) is 0 Å². The van der Waals surface area contributed by atoms with Crippen LogP contribution in [0.15, 0.2) is 132 Å². The van der Waals surface area contributed by atoms with E-state index in [9.17, 15) is 10.1 Å². The minimum Gasteiger partial charge on any atom is -0.351 e. The first-order valence-electron chi connectivity index (χ1n) is 12.3. The number of hydrogen-bond acceptors (Lipinski definition) is 5. The second kappa shape index (κ2) is 10.7. The minimum absolute atomic E-state index is 0.0827. The lowest BCUT2D eigenvalue weighted by Gasteiger charge is -2.27. The van der Waals surface area contributed by atoms with Crippen LogP contribution in [-0.2, 0) is 0 Å². The molecule has 192 valence electrons. The first kappa shape index (κ1) is 24.8. The molecule has 0 bridgehead atoms. The summed E-state index contributed by atoms with van der Waals surface area (Å²) in [6.07, 6.45) is 6.03. The summed E-state index contributed by atoms with van der Waals surface area (Å²) in [4.78, 5) is 19.3. The van der Waals surface area contributed by atoms with Crippen LogP contribution in [0.5, 0.6) is 0 Å². The molecule has 1 saturated heterocycles. The van der Waals surface area contributed by atoms with Crippen molar-refractivity contribution in [3.63, 3.8) is 0 Å². The van der Waals surface area contributed by atoms with E-state index in [4.69, 9.17) is 12.2 Å². The Morgan fingerprint density at radius 2 is 1.54 bits per heavy atom. The standard InChI is InChI=1S/C30H23N5O2S2/c36-35(37)24-11-15-26(16-12-24)39-25-13-9-23(10-14-25)34-29(28(32-30(34)38)27-8-4-5-18-31-27)21-17-19-33(20-21)22-6-2-1-3-7-22/h1-20,28-29H,(H,32,38)/t28-,29+/m0/s1. The number of rotatable bonds is 7. The maximum absolute atomic E-state index is 10.9. The molecule has 39 heavy (non-hydrogen) atoms. The zero-order valence-corrected chi connectivity index (χ0v) is 22.3. The lowest BCUT2D eigenvalue weighted by atomic mass is 9.98. The van der Waals surface area contributed by atoms with Gasteiger partial charge in [-0.15, -0.1) is 0 Å². The Balaban J connectivity index is 1.31. The number of nitro groups is 1. The van der Waals surface area contributed by atoms with Crippen molar-refractivity contribution in [2.24, 2.45) is 0 Å². The SMILES string of the molecule is O=[N+]([O-])c1ccc(Sc2ccc(N3C(=S)N[C@@H](c4ccccn4)[C@H]3c3ccn(-c4ccccc4)c3)cc2)cc1. The lowest BCUT2D eigenvalue weighted by Crippen LogP contribution is -2.29. The summed E-state index contributed by atoms with van der Waals surface area (Å²) in [6.45, 7) is 0. The van der Waals surface area contributed by atoms with Crippen molar-refractivity contribution in [1.29, 1.82) is 0 Å². The monoisotopic (exact) mass is 549 g/mol. The van der Waals surface area contributed by atoms with Crippen LogP contribution in [0.3, 0.4) is 0 Å². The Kier molecular flexibility index (Phi) is 6.83. The maximum Gasteiger partial charge on any atom is 0.269 e. The topological polar surface area (TPSA) is 76.2 Å². The van der Waals surface area contributed by atoms with Gasteiger partial charge in [-0.05, 0) is 84.5 Å². The Hall–Kier alpha value is -4.47. The van der Waals surface area contributed by atoms with E-state index in [0.717, 1.165) is 32.4 Å². The summed E-state index contributed by atoms with van der Waals surface area (Å²) in [6, 6.07) is 32.8. The van der Waals surface area contributed by atoms with Crippen LogP contribution in [0, 0.1) is 10.1 Å². The zero-order chi connectivity index (χ0) is 26.8. The Labute approximate surface area is 235 Å². The molecule has 0 aliphatic carbocycles. The van der Waals surface area contributed by atoms with E-state index in [0.29, 0.717) is 5.11 Å².